The molecule has 13 heteroatoms. The number of Topliss-reactive ketones (excluding diaryl/α,β-unsaturated/α-hetero) is 1. The van der Waals surface area contributed by atoms with Crippen molar-refractivity contribution >= 4 is 39.4 Å². The van der Waals surface area contributed by atoms with E-state index in [4.69, 9.17) is 0 Å². The molecule has 6 atom stereocenters. The van der Waals surface area contributed by atoms with E-state index >= 15 is 0 Å². The van der Waals surface area contributed by atoms with Crippen molar-refractivity contribution in [3.63, 3.8) is 0 Å². The number of rotatable bonds is 6. The van der Waals surface area contributed by atoms with Crippen LogP contribution in [0.15, 0.2) is 0 Å². The summed E-state index contributed by atoms with van der Waals surface area (Å²) in [7, 11) is -3.33. The highest BCUT2D eigenvalue weighted by Gasteiger charge is 2.69. The van der Waals surface area contributed by atoms with E-state index < -0.39 is 62.4 Å². The number of ketones is 1. The van der Waals surface area contributed by atoms with Crippen molar-refractivity contribution in [3.8, 4) is 0 Å². The minimum absolute atomic E-state index is 0.0209. The fraction of sp³-hybridized carbons (Fsp3) is 0.857. The van der Waals surface area contributed by atoms with E-state index in [0.717, 1.165) is 57.8 Å². The molecule has 5 amide bonds. The zero-order chi connectivity index (χ0) is 34.3. The van der Waals surface area contributed by atoms with Crippen LogP contribution in [0.3, 0.4) is 0 Å². The number of sulfone groups is 1. The molecule has 0 bridgehead atoms. The molecule has 0 radical (unpaired) electrons. The Morgan fingerprint density at radius 2 is 1.46 bits per heavy atom. The summed E-state index contributed by atoms with van der Waals surface area (Å²) in [5.41, 5.74) is -1.01. The normalized spacial score (nSPS) is 34.8. The molecule has 0 aromatic rings. The molecule has 6 fully saturated rings. The number of hydrogen-bond acceptors (Lipinski definition) is 7. The lowest BCUT2D eigenvalue weighted by atomic mass is 9.78. The zero-order valence-electron chi connectivity index (χ0n) is 28.7. The van der Waals surface area contributed by atoms with Crippen molar-refractivity contribution in [3.05, 3.63) is 0 Å². The average molecular weight is 690 g/mol. The second kappa shape index (κ2) is 13.9. The summed E-state index contributed by atoms with van der Waals surface area (Å²) in [6.07, 6.45) is 12.4. The molecule has 6 aliphatic rings. The summed E-state index contributed by atoms with van der Waals surface area (Å²) in [5, 5.41) is 11.1. The molecular weight excluding hydrogens is 634 g/mol. The first-order chi connectivity index (χ1) is 22.8. The van der Waals surface area contributed by atoms with Crippen LogP contribution in [0.4, 0.5) is 4.79 Å². The van der Waals surface area contributed by atoms with Crippen LogP contribution in [0.5, 0.6) is 0 Å². The molecule has 12 nitrogen and oxygen atoms in total. The number of hydrogen-bond donors (Lipinski definition) is 4. The zero-order valence-corrected chi connectivity index (χ0v) is 29.5. The Morgan fingerprint density at radius 3 is 2.10 bits per heavy atom. The average Bonchev–Trinajstić information content (AvgIpc) is 3.82. The highest BCUT2D eigenvalue weighted by molar-refractivity contribution is 7.92. The number of amides is 5. The van der Waals surface area contributed by atoms with Crippen molar-refractivity contribution in [2.45, 2.75) is 158 Å². The van der Waals surface area contributed by atoms with Gasteiger partial charge in [-0.25, -0.2) is 13.2 Å². The van der Waals surface area contributed by atoms with Gasteiger partial charge < -0.3 is 26.2 Å². The molecule has 6 rings (SSSR count). The molecule has 4 N–H and O–H groups in total. The molecule has 0 unspecified atom stereocenters. The standard InChI is InChI=1S/C35H55N5O7S/c1-34(2)23-21-40-28(27(23)34)30(42)37-24(29(41)31(43)36-22-16-17-22)13-8-5-3-4-6-9-14-25(32(40)44)38-33(45)39-35(18-10-7-11-19-35)26-15-12-20-48(26,46)47/h22-28H,3-21H2,1-2H3,(H,36,43)(H,37,42)(H2,38,39,45)/t23-,24-,25-,26+,27-,28-/m0/s1. The van der Waals surface area contributed by atoms with Gasteiger partial charge in [-0.2, -0.15) is 0 Å². The van der Waals surface area contributed by atoms with Crippen molar-refractivity contribution in [1.82, 2.24) is 26.2 Å². The highest BCUT2D eigenvalue weighted by Crippen LogP contribution is 2.65. The second-order valence-electron chi connectivity index (χ2n) is 16.1. The Morgan fingerprint density at radius 1 is 0.812 bits per heavy atom. The minimum atomic E-state index is -3.33. The van der Waals surface area contributed by atoms with Gasteiger partial charge >= 0.3 is 6.03 Å². The summed E-state index contributed by atoms with van der Waals surface area (Å²) in [4.78, 5) is 69.8. The maximum atomic E-state index is 14.4. The lowest BCUT2D eigenvalue weighted by Gasteiger charge is -2.42. The molecular formula is C35H55N5O7S. The molecule has 48 heavy (non-hydrogen) atoms. The molecule has 3 saturated carbocycles. The molecule has 0 spiro atoms. The van der Waals surface area contributed by atoms with Gasteiger partial charge in [0.25, 0.3) is 5.91 Å². The molecule has 3 heterocycles. The predicted molar refractivity (Wildman–Crippen MR) is 179 cm³/mol. The van der Waals surface area contributed by atoms with Gasteiger partial charge in [0.05, 0.1) is 22.6 Å². The topological polar surface area (TPSA) is 171 Å². The van der Waals surface area contributed by atoms with Gasteiger partial charge in [0.2, 0.25) is 17.6 Å². The first-order valence-electron chi connectivity index (χ1n) is 18.6. The fourth-order valence-electron chi connectivity index (χ4n) is 9.39. The minimum Gasteiger partial charge on any atom is -0.347 e. The fourth-order valence-corrected chi connectivity index (χ4v) is 11.7. The number of nitrogens with zero attached hydrogens (tertiary/aromatic N) is 1. The van der Waals surface area contributed by atoms with Crippen LogP contribution < -0.4 is 21.3 Å². The van der Waals surface area contributed by atoms with Crippen molar-refractivity contribution in [1.29, 1.82) is 0 Å². The number of fused-ring (bicyclic) bond motifs is 3. The summed E-state index contributed by atoms with van der Waals surface area (Å²) >= 11 is 0. The van der Waals surface area contributed by atoms with E-state index in [-0.39, 0.29) is 35.0 Å². The van der Waals surface area contributed by atoms with Crippen molar-refractivity contribution in [2.24, 2.45) is 17.3 Å². The molecule has 0 aromatic heterocycles. The maximum Gasteiger partial charge on any atom is 0.315 e. The summed E-state index contributed by atoms with van der Waals surface area (Å²) in [6.45, 7) is 4.55. The Bertz CT molecular complexity index is 1390. The second-order valence-corrected chi connectivity index (χ2v) is 18.4. The monoisotopic (exact) mass is 689 g/mol. The molecule has 3 saturated heterocycles. The smallest absolute Gasteiger partial charge is 0.315 e. The molecule has 3 aliphatic carbocycles. The van der Waals surface area contributed by atoms with Crippen LogP contribution in [0.25, 0.3) is 0 Å². The number of urea groups is 1. The Labute approximate surface area is 285 Å². The number of nitrogens with one attached hydrogen (secondary N) is 4. The third-order valence-electron chi connectivity index (χ3n) is 12.4. The maximum absolute atomic E-state index is 14.4. The SMILES string of the molecule is CC1(C)[C@@H]2[C@H]3C(=O)N[C@H](C(=O)C(=O)NC4CC4)CCCCCCCC[C@H](NC(=O)NC4([C@H]5CCCS5(=O)=O)CCCCC4)C(=O)N3C[C@@H]21. The first-order valence-corrected chi connectivity index (χ1v) is 20.3. The van der Waals surface area contributed by atoms with Gasteiger partial charge in [-0.1, -0.05) is 71.6 Å². The van der Waals surface area contributed by atoms with E-state index in [1.54, 1.807) is 4.90 Å². The number of piperidine rings is 1. The van der Waals surface area contributed by atoms with Gasteiger partial charge in [0, 0.05) is 12.6 Å². The largest absolute Gasteiger partial charge is 0.347 e. The van der Waals surface area contributed by atoms with Crippen LogP contribution in [0.1, 0.15) is 123 Å². The van der Waals surface area contributed by atoms with E-state index in [0.29, 0.717) is 57.9 Å². The Hall–Kier alpha value is -2.70. The van der Waals surface area contributed by atoms with Gasteiger partial charge in [-0.05, 0) is 68.6 Å². The Balaban J connectivity index is 1.21. The molecule has 268 valence electrons. The summed E-state index contributed by atoms with van der Waals surface area (Å²) in [6, 6.07) is -3.17. The highest BCUT2D eigenvalue weighted by atomic mass is 32.2. The van der Waals surface area contributed by atoms with Crippen molar-refractivity contribution < 1.29 is 32.4 Å². The third-order valence-corrected chi connectivity index (χ3v) is 14.8. The lowest BCUT2D eigenvalue weighted by molar-refractivity contribution is -0.144. The Kier molecular flexibility index (Phi) is 10.2. The lowest BCUT2D eigenvalue weighted by Crippen LogP contribution is -2.63. The van der Waals surface area contributed by atoms with Crippen LogP contribution in [-0.4, -0.2) is 90.1 Å². The molecule has 3 aliphatic heterocycles. The van der Waals surface area contributed by atoms with Gasteiger partial charge in [0.15, 0.2) is 9.84 Å². The van der Waals surface area contributed by atoms with Crippen LogP contribution in [0, 0.1) is 17.3 Å². The van der Waals surface area contributed by atoms with E-state index in [9.17, 15) is 32.4 Å². The van der Waals surface area contributed by atoms with E-state index in [2.05, 4.69) is 35.1 Å². The van der Waals surface area contributed by atoms with Crippen LogP contribution in [0.2, 0.25) is 0 Å². The summed E-state index contributed by atoms with van der Waals surface area (Å²) < 4.78 is 26.1. The van der Waals surface area contributed by atoms with E-state index in [1.807, 2.05) is 0 Å². The van der Waals surface area contributed by atoms with Crippen molar-refractivity contribution in [2.75, 3.05) is 12.3 Å². The predicted octanol–water partition coefficient (Wildman–Crippen LogP) is 2.88. The van der Waals surface area contributed by atoms with Gasteiger partial charge in [-0.15, -0.1) is 0 Å². The van der Waals surface area contributed by atoms with Crippen LogP contribution in [-0.2, 0) is 29.0 Å². The quantitative estimate of drug-likeness (QED) is 0.311. The van der Waals surface area contributed by atoms with Crippen LogP contribution >= 0.6 is 0 Å². The number of carbonyl (C=O) groups excluding carboxylic acids is 5. The van der Waals surface area contributed by atoms with E-state index in [1.165, 1.54) is 0 Å². The summed E-state index contributed by atoms with van der Waals surface area (Å²) in [5.74, 6) is -1.91. The third kappa shape index (κ3) is 7.26. The first kappa shape index (κ1) is 35.1. The van der Waals surface area contributed by atoms with Gasteiger partial charge in [0.1, 0.15) is 12.1 Å². The molecule has 0 aromatic carbocycles. The van der Waals surface area contributed by atoms with Gasteiger partial charge in [-0.3, -0.25) is 19.2 Å². The number of carbonyl (C=O) groups is 5.